The first-order valence-electron chi connectivity index (χ1n) is 8.16. The molecule has 2 rings (SSSR count). The van der Waals surface area contributed by atoms with Gasteiger partial charge in [0, 0.05) is 0 Å². The summed E-state index contributed by atoms with van der Waals surface area (Å²) in [5.41, 5.74) is -1.34. The van der Waals surface area contributed by atoms with E-state index < -0.39 is 31.6 Å². The monoisotopic (exact) mass is 548 g/mol. The number of hydrogen-bond donors (Lipinski definition) is 0. The molecule has 0 saturated heterocycles. The SMILES string of the molecule is C[Si](C)(C)/C(=C\[Se]c1ccc(C(F)(F)F)cc1)[Se]c1ccc(C(F)(F)F)cc1. The number of alkyl halides is 6. The Labute approximate surface area is 173 Å². The Balaban J connectivity index is 2.17. The number of benzene rings is 2. The Hall–Kier alpha value is -0.984. The van der Waals surface area contributed by atoms with Gasteiger partial charge >= 0.3 is 174 Å². The van der Waals surface area contributed by atoms with E-state index in [4.69, 9.17) is 0 Å². The zero-order valence-corrected chi connectivity index (χ0v) is 19.7. The molecule has 0 radical (unpaired) electrons. The minimum absolute atomic E-state index is 0.109. The fourth-order valence-electron chi connectivity index (χ4n) is 2.04. The molecule has 0 spiro atoms. The molecule has 2 aromatic rings. The second-order valence-electron chi connectivity index (χ2n) is 7.00. The van der Waals surface area contributed by atoms with Crippen molar-refractivity contribution in [2.24, 2.45) is 0 Å². The fourth-order valence-corrected chi connectivity index (χ4v) is 11.1. The van der Waals surface area contributed by atoms with Crippen molar-refractivity contribution < 1.29 is 26.3 Å². The van der Waals surface area contributed by atoms with Gasteiger partial charge in [-0.25, -0.2) is 0 Å². The second-order valence-corrected chi connectivity index (χ2v) is 17.2. The van der Waals surface area contributed by atoms with Crippen molar-refractivity contribution in [2.75, 3.05) is 0 Å². The molecule has 0 heterocycles. The summed E-state index contributed by atoms with van der Waals surface area (Å²) in [5.74, 6) is 0. The molecule has 0 aliphatic heterocycles. The number of halogens is 6. The van der Waals surface area contributed by atoms with Crippen LogP contribution in [0.4, 0.5) is 26.3 Å². The summed E-state index contributed by atoms with van der Waals surface area (Å²) >= 11 is -0.240. The summed E-state index contributed by atoms with van der Waals surface area (Å²) in [7, 11) is -1.71. The van der Waals surface area contributed by atoms with Gasteiger partial charge in [0.15, 0.2) is 0 Å². The Morgan fingerprint density at radius 1 is 0.714 bits per heavy atom. The quantitative estimate of drug-likeness (QED) is 0.374. The van der Waals surface area contributed by atoms with Gasteiger partial charge in [-0.3, -0.25) is 0 Å². The van der Waals surface area contributed by atoms with E-state index in [2.05, 4.69) is 24.6 Å². The van der Waals surface area contributed by atoms with Gasteiger partial charge in [0.25, 0.3) is 0 Å². The summed E-state index contributed by atoms with van der Waals surface area (Å²) in [5, 5.41) is 0. The van der Waals surface area contributed by atoms with Crippen LogP contribution in [-0.4, -0.2) is 38.0 Å². The Bertz CT molecular complexity index is 816. The maximum atomic E-state index is 12.7. The van der Waals surface area contributed by atoms with Crippen LogP contribution >= 0.6 is 0 Å². The molecule has 0 fully saturated rings. The average molecular weight is 546 g/mol. The van der Waals surface area contributed by atoms with E-state index in [-0.39, 0.29) is 29.9 Å². The van der Waals surface area contributed by atoms with Crippen molar-refractivity contribution >= 4 is 46.9 Å². The minimum atomic E-state index is -4.35. The molecule has 0 aromatic heterocycles. The second kappa shape index (κ2) is 8.80. The molecule has 152 valence electrons. The normalized spacial score (nSPS) is 13.7. The first-order chi connectivity index (χ1) is 12.8. The van der Waals surface area contributed by atoms with Crippen LogP contribution < -0.4 is 8.92 Å². The fraction of sp³-hybridized carbons (Fsp3) is 0.263. The van der Waals surface area contributed by atoms with Crippen LogP contribution in [0.15, 0.2) is 57.6 Å². The zero-order chi connectivity index (χ0) is 21.2. The Morgan fingerprint density at radius 3 is 1.46 bits per heavy atom. The topological polar surface area (TPSA) is 0 Å². The van der Waals surface area contributed by atoms with Gasteiger partial charge < -0.3 is 0 Å². The maximum absolute atomic E-state index is 12.7. The summed E-state index contributed by atoms with van der Waals surface area (Å²) < 4.78 is 79.1. The van der Waals surface area contributed by atoms with E-state index >= 15 is 0 Å². The van der Waals surface area contributed by atoms with Crippen LogP contribution in [0.25, 0.3) is 0 Å². The Kier molecular flexibility index (Phi) is 7.32. The molecule has 2 aromatic carbocycles. The molecule has 0 saturated carbocycles. The molecular formula is C19H18F6Se2Si. The molecule has 0 atom stereocenters. The van der Waals surface area contributed by atoms with Crippen LogP contribution in [0.2, 0.25) is 19.6 Å². The molecule has 0 nitrogen and oxygen atoms in total. The summed E-state index contributed by atoms with van der Waals surface area (Å²) in [6, 6.07) is 10.4. The Morgan fingerprint density at radius 2 is 1.11 bits per heavy atom. The van der Waals surface area contributed by atoms with E-state index in [0.717, 1.165) is 33.2 Å². The molecule has 0 bridgehead atoms. The van der Waals surface area contributed by atoms with Crippen molar-refractivity contribution in [3.05, 3.63) is 68.7 Å². The average Bonchev–Trinajstić information content (AvgIpc) is 2.57. The van der Waals surface area contributed by atoms with Crippen molar-refractivity contribution in [3.63, 3.8) is 0 Å². The van der Waals surface area contributed by atoms with Crippen LogP contribution in [0.1, 0.15) is 11.1 Å². The van der Waals surface area contributed by atoms with Crippen molar-refractivity contribution in [3.8, 4) is 0 Å². The third-order valence-corrected chi connectivity index (χ3v) is 14.5. The van der Waals surface area contributed by atoms with Crippen LogP contribution in [0.3, 0.4) is 0 Å². The standard InChI is InChI=1S/C19H18F6Se2Si/c1-28(2,3)17(27-16-10-6-14(7-11-16)19(23,24)25)12-26-15-8-4-13(5-9-15)18(20,21)22/h4-12H,1-3H3/b17-12-. The molecule has 0 unspecified atom stereocenters. The van der Waals surface area contributed by atoms with Gasteiger partial charge in [-0.05, 0) is 0 Å². The number of hydrogen-bond acceptors (Lipinski definition) is 0. The molecule has 9 heteroatoms. The van der Waals surface area contributed by atoms with Crippen molar-refractivity contribution in [1.82, 2.24) is 0 Å². The predicted octanol–water partition coefficient (Wildman–Crippen LogP) is 4.80. The summed E-state index contributed by atoms with van der Waals surface area (Å²) in [4.78, 5) is 2.10. The van der Waals surface area contributed by atoms with Crippen LogP contribution in [0, 0.1) is 0 Å². The van der Waals surface area contributed by atoms with E-state index in [9.17, 15) is 26.3 Å². The third-order valence-electron chi connectivity index (χ3n) is 3.63. The van der Waals surface area contributed by atoms with E-state index in [0.29, 0.717) is 0 Å². The van der Waals surface area contributed by atoms with E-state index in [1.54, 1.807) is 0 Å². The van der Waals surface area contributed by atoms with E-state index in [1.165, 1.54) is 28.4 Å². The first-order valence-corrected chi connectivity index (χ1v) is 15.2. The summed E-state index contributed by atoms with van der Waals surface area (Å²) in [6.45, 7) is 6.48. The predicted molar refractivity (Wildman–Crippen MR) is 105 cm³/mol. The van der Waals surface area contributed by atoms with Gasteiger partial charge in [0.05, 0.1) is 0 Å². The van der Waals surface area contributed by atoms with E-state index in [1.807, 2.05) is 0 Å². The van der Waals surface area contributed by atoms with Gasteiger partial charge in [-0.1, -0.05) is 0 Å². The first kappa shape index (κ1) is 23.3. The van der Waals surface area contributed by atoms with Crippen molar-refractivity contribution in [1.29, 1.82) is 0 Å². The molecule has 0 N–H and O–H groups in total. The van der Waals surface area contributed by atoms with Gasteiger partial charge in [-0.15, -0.1) is 0 Å². The zero-order valence-electron chi connectivity index (χ0n) is 15.3. The van der Waals surface area contributed by atoms with Gasteiger partial charge in [0.1, 0.15) is 0 Å². The van der Waals surface area contributed by atoms with Gasteiger partial charge in [0.2, 0.25) is 0 Å². The van der Waals surface area contributed by atoms with Crippen LogP contribution in [0.5, 0.6) is 0 Å². The van der Waals surface area contributed by atoms with Crippen LogP contribution in [-0.2, 0) is 12.4 Å². The molecule has 0 aliphatic rings. The third kappa shape index (κ3) is 6.81. The molecule has 28 heavy (non-hydrogen) atoms. The summed E-state index contributed by atoms with van der Waals surface area (Å²) in [6.07, 6.45) is -8.70. The molecule has 0 aliphatic carbocycles. The molecule has 0 amide bonds. The van der Waals surface area contributed by atoms with Gasteiger partial charge in [-0.2, -0.15) is 0 Å². The number of rotatable bonds is 5. The van der Waals surface area contributed by atoms with Crippen molar-refractivity contribution in [2.45, 2.75) is 32.0 Å². The molecular weight excluding hydrogens is 528 g/mol.